The first-order valence-electron chi connectivity index (χ1n) is 18.1. The van der Waals surface area contributed by atoms with Crippen molar-refractivity contribution in [1.29, 1.82) is 0 Å². The molecule has 5 heterocycles. The number of fused-ring (bicyclic) bond motifs is 6. The van der Waals surface area contributed by atoms with Crippen molar-refractivity contribution in [3.05, 3.63) is 35.9 Å². The minimum atomic E-state index is -4.16. The van der Waals surface area contributed by atoms with Crippen molar-refractivity contribution in [3.63, 3.8) is 0 Å². The lowest BCUT2D eigenvalue weighted by molar-refractivity contribution is -0.129. The number of hydrogen-bond donors (Lipinski definition) is 3. The standard InChI is InChI=1S/C36H50N6O5S/c1-35(2)18-23-5-4-12-37-29-6-3-7-31(38-29)48(45,46)40-33(43)27-8-9-30(39-32(27)42(35)22-23)41-13-10-28(34(41)44)47-14-11-36-19-24-15-25(20-36)17-26(16-24)21-36/h3,6-9,23-26,28,33,40,43H,4-5,10-22H2,1-2H3,(H,37,38)/t23-,24?,25?,26?,28?,33?,36?/m0/s1. The van der Waals surface area contributed by atoms with E-state index in [1.165, 1.54) is 44.6 Å². The molecule has 260 valence electrons. The van der Waals surface area contributed by atoms with Gasteiger partial charge >= 0.3 is 0 Å². The highest BCUT2D eigenvalue weighted by atomic mass is 32.2. The van der Waals surface area contributed by atoms with Crippen molar-refractivity contribution in [2.75, 3.05) is 41.4 Å². The van der Waals surface area contributed by atoms with Gasteiger partial charge in [0.25, 0.3) is 15.9 Å². The molecular weight excluding hydrogens is 629 g/mol. The predicted molar refractivity (Wildman–Crippen MR) is 183 cm³/mol. The number of aliphatic hydroxyl groups excluding tert-OH is 1. The van der Waals surface area contributed by atoms with E-state index in [9.17, 15) is 18.3 Å². The Labute approximate surface area is 284 Å². The van der Waals surface area contributed by atoms with Gasteiger partial charge in [0.05, 0.1) is 0 Å². The highest BCUT2D eigenvalue weighted by Gasteiger charge is 2.50. The number of aromatic nitrogens is 2. The van der Waals surface area contributed by atoms with Crippen LogP contribution < -0.4 is 19.8 Å². The van der Waals surface area contributed by atoms with Gasteiger partial charge in [0, 0.05) is 43.8 Å². The summed E-state index contributed by atoms with van der Waals surface area (Å²) in [5.74, 6) is 4.46. The lowest BCUT2D eigenvalue weighted by atomic mass is 9.49. The van der Waals surface area contributed by atoms with Crippen LogP contribution in [-0.2, 0) is 19.6 Å². The fourth-order valence-electron chi connectivity index (χ4n) is 10.6. The minimum absolute atomic E-state index is 0.0802. The zero-order valence-corrected chi connectivity index (χ0v) is 29.1. The Kier molecular flexibility index (Phi) is 8.24. The van der Waals surface area contributed by atoms with Crippen LogP contribution in [-0.4, -0.2) is 67.3 Å². The lowest BCUT2D eigenvalue weighted by Crippen LogP contribution is -2.46. The number of anilines is 3. The first-order chi connectivity index (χ1) is 23.0. The van der Waals surface area contributed by atoms with Crippen molar-refractivity contribution in [1.82, 2.24) is 14.7 Å². The minimum Gasteiger partial charge on any atom is -0.373 e. The van der Waals surface area contributed by atoms with Gasteiger partial charge < -0.3 is 20.1 Å². The van der Waals surface area contributed by atoms with Crippen molar-refractivity contribution < 1.29 is 23.1 Å². The largest absolute Gasteiger partial charge is 0.373 e. The quantitative estimate of drug-likeness (QED) is 0.400. The molecule has 4 aliphatic carbocycles. The van der Waals surface area contributed by atoms with Gasteiger partial charge in [0.2, 0.25) is 0 Å². The summed E-state index contributed by atoms with van der Waals surface area (Å²) >= 11 is 0. The molecule has 2 aromatic heterocycles. The molecule has 6 fully saturated rings. The Balaban J connectivity index is 1.03. The second-order valence-corrected chi connectivity index (χ2v) is 18.0. The molecule has 3 aliphatic heterocycles. The number of nitrogens with zero attached hydrogens (tertiary/aromatic N) is 4. The summed E-state index contributed by atoms with van der Waals surface area (Å²) in [5, 5.41) is 14.5. The first kappa shape index (κ1) is 32.4. The van der Waals surface area contributed by atoms with Gasteiger partial charge in [-0.1, -0.05) is 6.07 Å². The topological polar surface area (TPSA) is 137 Å². The van der Waals surface area contributed by atoms with E-state index in [1.54, 1.807) is 29.2 Å². The molecule has 0 aromatic carbocycles. The molecule has 2 aromatic rings. The van der Waals surface area contributed by atoms with Crippen LogP contribution in [0.15, 0.2) is 35.4 Å². The molecule has 9 rings (SSSR count). The summed E-state index contributed by atoms with van der Waals surface area (Å²) in [6.45, 7) is 6.83. The van der Waals surface area contributed by atoms with E-state index >= 15 is 0 Å². The van der Waals surface area contributed by atoms with E-state index in [-0.39, 0.29) is 16.5 Å². The number of rotatable bonds is 5. The van der Waals surface area contributed by atoms with Crippen molar-refractivity contribution in [2.24, 2.45) is 29.1 Å². The van der Waals surface area contributed by atoms with Gasteiger partial charge in [0.15, 0.2) is 5.03 Å². The maximum absolute atomic E-state index is 13.8. The molecule has 7 aliphatic rings. The maximum Gasteiger partial charge on any atom is 0.260 e. The summed E-state index contributed by atoms with van der Waals surface area (Å²) in [6, 6.07) is 8.21. The van der Waals surface area contributed by atoms with Crippen LogP contribution in [0.2, 0.25) is 0 Å². The molecule has 2 unspecified atom stereocenters. The van der Waals surface area contributed by atoms with Crippen LogP contribution in [0.5, 0.6) is 0 Å². The highest BCUT2D eigenvalue weighted by molar-refractivity contribution is 7.89. The monoisotopic (exact) mass is 678 g/mol. The average molecular weight is 679 g/mol. The van der Waals surface area contributed by atoms with Crippen LogP contribution in [0.25, 0.3) is 0 Å². The molecule has 4 saturated carbocycles. The maximum atomic E-state index is 13.8. The number of carbonyl (C=O) groups excluding carboxylic acids is 1. The molecule has 1 amide bonds. The molecule has 3 atom stereocenters. The molecule has 2 saturated heterocycles. The van der Waals surface area contributed by atoms with Gasteiger partial charge in [-0.15, -0.1) is 0 Å². The highest BCUT2D eigenvalue weighted by Crippen LogP contribution is 2.61. The van der Waals surface area contributed by atoms with E-state index < -0.39 is 22.4 Å². The van der Waals surface area contributed by atoms with Gasteiger partial charge in [-0.05, 0) is 131 Å². The molecule has 12 heteroatoms. The molecular formula is C36H50N6O5S. The summed E-state index contributed by atoms with van der Waals surface area (Å²) in [5.41, 5.74) is 0.464. The number of hydrogen-bond acceptors (Lipinski definition) is 9. The Morgan fingerprint density at radius 1 is 0.979 bits per heavy atom. The summed E-state index contributed by atoms with van der Waals surface area (Å²) in [6.07, 6.45) is 10.7. The van der Waals surface area contributed by atoms with E-state index in [0.29, 0.717) is 67.0 Å². The van der Waals surface area contributed by atoms with E-state index in [1.807, 2.05) is 0 Å². The predicted octanol–water partition coefficient (Wildman–Crippen LogP) is 4.99. The van der Waals surface area contributed by atoms with Crippen LogP contribution in [0, 0.1) is 29.1 Å². The number of amides is 1. The second kappa shape index (κ2) is 12.2. The molecule has 48 heavy (non-hydrogen) atoms. The number of carbonyl (C=O) groups is 1. The molecule has 11 nitrogen and oxygen atoms in total. The second-order valence-electron chi connectivity index (χ2n) is 16.3. The average Bonchev–Trinajstić information content (AvgIpc) is 3.55. The van der Waals surface area contributed by atoms with Crippen LogP contribution >= 0.6 is 0 Å². The molecule has 0 radical (unpaired) electrons. The van der Waals surface area contributed by atoms with Crippen LogP contribution in [0.3, 0.4) is 0 Å². The zero-order valence-electron chi connectivity index (χ0n) is 28.2. The normalized spacial score (nSPS) is 35.2. The SMILES string of the molecule is CC1(C)C[C@@H]2CCCNc3cccc(n3)S(=O)(=O)NC(O)c3ccc(N4CCC(OCCC56CC7CC(CC(C7)C5)C6)C4=O)nc3N1C2. The third kappa shape index (κ3) is 6.11. The third-order valence-electron chi connectivity index (χ3n) is 12.3. The lowest BCUT2D eigenvalue weighted by Gasteiger charge is -2.57. The smallest absolute Gasteiger partial charge is 0.260 e. The van der Waals surface area contributed by atoms with Crippen molar-refractivity contribution in [3.8, 4) is 0 Å². The fourth-order valence-corrected chi connectivity index (χ4v) is 11.6. The van der Waals surface area contributed by atoms with Crippen LogP contribution in [0.4, 0.5) is 17.5 Å². The van der Waals surface area contributed by atoms with Crippen LogP contribution in [0.1, 0.15) is 96.3 Å². The Bertz CT molecular complexity index is 1630. The summed E-state index contributed by atoms with van der Waals surface area (Å²) in [4.78, 5) is 26.9. The van der Waals surface area contributed by atoms with Gasteiger partial charge in [0.1, 0.15) is 29.8 Å². The number of pyridine rings is 2. The number of nitrogens with one attached hydrogen (secondary N) is 2. The third-order valence-corrected chi connectivity index (χ3v) is 13.6. The molecule has 3 N–H and O–H groups in total. The van der Waals surface area contributed by atoms with E-state index in [0.717, 1.165) is 43.4 Å². The Morgan fingerprint density at radius 2 is 1.73 bits per heavy atom. The summed E-state index contributed by atoms with van der Waals surface area (Å²) < 4.78 is 35.5. The molecule has 0 spiro atoms. The van der Waals surface area contributed by atoms with Gasteiger partial charge in [-0.25, -0.2) is 18.4 Å². The van der Waals surface area contributed by atoms with E-state index in [2.05, 4.69) is 33.8 Å². The Hall–Kier alpha value is -2.80. The van der Waals surface area contributed by atoms with Crippen molar-refractivity contribution >= 4 is 33.4 Å². The first-order valence-corrected chi connectivity index (χ1v) is 19.6. The van der Waals surface area contributed by atoms with Gasteiger partial charge in [-0.2, -0.15) is 4.72 Å². The number of aliphatic hydroxyl groups is 1. The zero-order chi connectivity index (χ0) is 33.3. The van der Waals surface area contributed by atoms with Crippen molar-refractivity contribution in [2.45, 2.75) is 107 Å². The van der Waals surface area contributed by atoms with Gasteiger partial charge in [-0.3, -0.25) is 9.69 Å². The fraction of sp³-hybridized carbons (Fsp3) is 0.694. The molecule has 8 bridgehead atoms. The summed E-state index contributed by atoms with van der Waals surface area (Å²) in [7, 11) is -4.16. The number of sulfonamides is 1. The Morgan fingerprint density at radius 3 is 2.48 bits per heavy atom. The number of ether oxygens (including phenoxy) is 1. The van der Waals surface area contributed by atoms with E-state index in [4.69, 9.17) is 9.72 Å².